The summed E-state index contributed by atoms with van der Waals surface area (Å²) in [6, 6.07) is 4.51. The minimum Gasteiger partial charge on any atom is -0.0871 e. The Morgan fingerprint density at radius 1 is 1.14 bits per heavy atom. The van der Waals surface area contributed by atoms with E-state index in [-0.39, 0.29) is 0 Å². The fourth-order valence-corrected chi connectivity index (χ4v) is 2.37. The van der Waals surface area contributed by atoms with Crippen LogP contribution in [0.2, 0.25) is 0 Å². The van der Waals surface area contributed by atoms with E-state index in [1.54, 1.807) is 0 Å². The number of hydrogen-bond acceptors (Lipinski definition) is 0. The Bertz CT molecular complexity index is 312. The van der Waals surface area contributed by atoms with Gasteiger partial charge >= 0.3 is 0 Å². The maximum absolute atomic E-state index is 3.66. The maximum atomic E-state index is 3.66. The molecule has 1 heteroatoms. The number of aryl methyl sites for hydroxylation is 2. The van der Waals surface area contributed by atoms with Crippen LogP contribution in [-0.4, -0.2) is 0 Å². The van der Waals surface area contributed by atoms with Crippen LogP contribution in [0, 0.1) is 0 Å². The molecule has 0 bridgehead atoms. The summed E-state index contributed by atoms with van der Waals surface area (Å²) < 4.78 is 1.29. The van der Waals surface area contributed by atoms with Crippen LogP contribution < -0.4 is 0 Å². The normalized spacial score (nSPS) is 11.1. The van der Waals surface area contributed by atoms with E-state index in [0.29, 0.717) is 0 Å². The molecule has 0 heterocycles. The monoisotopic (exact) mass is 252 g/mol. The molecule has 0 radical (unpaired) electrons. The van der Waals surface area contributed by atoms with Crippen molar-refractivity contribution in [3.63, 3.8) is 0 Å². The summed E-state index contributed by atoms with van der Waals surface area (Å²) in [4.78, 5) is 0. The van der Waals surface area contributed by atoms with Crippen LogP contribution in [0.15, 0.2) is 22.7 Å². The van der Waals surface area contributed by atoms with Crippen LogP contribution in [0.4, 0.5) is 0 Å². The molecule has 1 rings (SSSR count). The minimum absolute atomic E-state index is 1.08. The summed E-state index contributed by atoms with van der Waals surface area (Å²) >= 11 is 3.66. The number of rotatable bonds is 3. The number of allylic oxidation sites excluding steroid dienone is 1. The average Bonchev–Trinajstić information content (AvgIpc) is 2.20. The van der Waals surface area contributed by atoms with Gasteiger partial charge in [0.1, 0.15) is 0 Å². The largest absolute Gasteiger partial charge is 0.0871 e. The Morgan fingerprint density at radius 3 is 2.00 bits per heavy atom. The molecule has 0 saturated carbocycles. The fraction of sp³-hybridized carbons (Fsp3) is 0.385. The van der Waals surface area contributed by atoms with Gasteiger partial charge in [0.15, 0.2) is 0 Å². The van der Waals surface area contributed by atoms with Gasteiger partial charge in [-0.05, 0) is 36.5 Å². The zero-order chi connectivity index (χ0) is 10.6. The standard InChI is InChI=1S/C13H17Br/c1-4-7-10-8-11(5-2)13(14)12(6-3)9-10/h4,7-9H,5-6H2,1-3H3/b7-4+. The molecule has 0 saturated heterocycles. The second-order valence-electron chi connectivity index (χ2n) is 3.36. The molecule has 0 N–H and O–H groups in total. The Kier molecular flexibility index (Phi) is 4.40. The second-order valence-corrected chi connectivity index (χ2v) is 4.15. The van der Waals surface area contributed by atoms with E-state index < -0.39 is 0 Å². The molecule has 0 atom stereocenters. The molecule has 1 aromatic carbocycles. The molecule has 0 aliphatic carbocycles. The predicted molar refractivity (Wildman–Crippen MR) is 67.6 cm³/mol. The van der Waals surface area contributed by atoms with Crippen molar-refractivity contribution < 1.29 is 0 Å². The molecule has 1 aromatic rings. The van der Waals surface area contributed by atoms with Crippen LogP contribution in [0.1, 0.15) is 37.5 Å². The first kappa shape index (κ1) is 11.5. The second kappa shape index (κ2) is 5.35. The summed E-state index contributed by atoms with van der Waals surface area (Å²) in [5, 5.41) is 0. The summed E-state index contributed by atoms with van der Waals surface area (Å²) in [5.74, 6) is 0. The minimum atomic E-state index is 1.08. The third-order valence-corrected chi connectivity index (χ3v) is 3.39. The summed E-state index contributed by atoms with van der Waals surface area (Å²) in [6.07, 6.45) is 6.41. The summed E-state index contributed by atoms with van der Waals surface area (Å²) in [5.41, 5.74) is 4.11. The van der Waals surface area contributed by atoms with Crippen LogP contribution in [-0.2, 0) is 12.8 Å². The van der Waals surface area contributed by atoms with Crippen LogP contribution >= 0.6 is 15.9 Å². The molecule has 0 aliphatic rings. The van der Waals surface area contributed by atoms with Crippen LogP contribution in [0.3, 0.4) is 0 Å². The molecule has 0 amide bonds. The van der Waals surface area contributed by atoms with E-state index in [9.17, 15) is 0 Å². The first-order chi connectivity index (χ1) is 6.72. The zero-order valence-electron chi connectivity index (χ0n) is 9.10. The van der Waals surface area contributed by atoms with E-state index >= 15 is 0 Å². The average molecular weight is 253 g/mol. The van der Waals surface area contributed by atoms with E-state index in [4.69, 9.17) is 0 Å². The molecule has 0 spiro atoms. The highest BCUT2D eigenvalue weighted by atomic mass is 79.9. The van der Waals surface area contributed by atoms with Gasteiger partial charge in [-0.1, -0.05) is 54.1 Å². The predicted octanol–water partition coefficient (Wildman–Crippen LogP) is 4.61. The van der Waals surface area contributed by atoms with Gasteiger partial charge in [0.2, 0.25) is 0 Å². The van der Waals surface area contributed by atoms with E-state index in [1.165, 1.54) is 21.2 Å². The Balaban J connectivity index is 3.24. The van der Waals surface area contributed by atoms with Crippen LogP contribution in [0.25, 0.3) is 6.08 Å². The first-order valence-corrected chi connectivity index (χ1v) is 5.96. The van der Waals surface area contributed by atoms with E-state index in [1.807, 2.05) is 0 Å². The van der Waals surface area contributed by atoms with Gasteiger partial charge in [0.25, 0.3) is 0 Å². The third-order valence-electron chi connectivity index (χ3n) is 2.37. The molecular formula is C13H17Br. The summed E-state index contributed by atoms with van der Waals surface area (Å²) in [6.45, 7) is 6.44. The smallest absolute Gasteiger partial charge is 0.0239 e. The molecule has 0 aliphatic heterocycles. The maximum Gasteiger partial charge on any atom is 0.0239 e. The van der Waals surface area contributed by atoms with Crippen molar-refractivity contribution in [2.24, 2.45) is 0 Å². The quantitative estimate of drug-likeness (QED) is 0.738. The van der Waals surface area contributed by atoms with Gasteiger partial charge in [-0.15, -0.1) is 0 Å². The Hall–Kier alpha value is -0.560. The fourth-order valence-electron chi connectivity index (χ4n) is 1.58. The Labute approximate surface area is 95.2 Å². The lowest BCUT2D eigenvalue weighted by Crippen LogP contribution is -1.91. The lowest BCUT2D eigenvalue weighted by molar-refractivity contribution is 1.06. The van der Waals surface area contributed by atoms with Gasteiger partial charge in [-0.2, -0.15) is 0 Å². The van der Waals surface area contributed by atoms with Gasteiger partial charge < -0.3 is 0 Å². The molecular weight excluding hydrogens is 236 g/mol. The highest BCUT2D eigenvalue weighted by Crippen LogP contribution is 2.25. The van der Waals surface area contributed by atoms with Crippen molar-refractivity contribution >= 4 is 22.0 Å². The first-order valence-electron chi connectivity index (χ1n) is 5.16. The topological polar surface area (TPSA) is 0 Å². The molecule has 76 valence electrons. The molecule has 14 heavy (non-hydrogen) atoms. The van der Waals surface area contributed by atoms with E-state index in [2.05, 4.69) is 61.0 Å². The number of hydrogen-bond donors (Lipinski definition) is 0. The van der Waals surface area contributed by atoms with Crippen molar-refractivity contribution in [2.45, 2.75) is 33.6 Å². The van der Waals surface area contributed by atoms with Crippen molar-refractivity contribution in [3.8, 4) is 0 Å². The lowest BCUT2D eigenvalue weighted by atomic mass is 10.0. The highest BCUT2D eigenvalue weighted by molar-refractivity contribution is 9.10. The van der Waals surface area contributed by atoms with Crippen molar-refractivity contribution in [3.05, 3.63) is 39.4 Å². The van der Waals surface area contributed by atoms with Crippen LogP contribution in [0.5, 0.6) is 0 Å². The zero-order valence-corrected chi connectivity index (χ0v) is 10.7. The molecule has 0 nitrogen and oxygen atoms in total. The molecule has 0 aromatic heterocycles. The molecule has 0 unspecified atom stereocenters. The SMILES string of the molecule is C/C=C/c1cc(CC)c(Br)c(CC)c1. The Morgan fingerprint density at radius 2 is 1.64 bits per heavy atom. The van der Waals surface area contributed by atoms with Crippen molar-refractivity contribution in [1.82, 2.24) is 0 Å². The van der Waals surface area contributed by atoms with Crippen molar-refractivity contribution in [2.75, 3.05) is 0 Å². The van der Waals surface area contributed by atoms with Gasteiger partial charge in [0, 0.05) is 4.47 Å². The summed E-state index contributed by atoms with van der Waals surface area (Å²) in [7, 11) is 0. The third kappa shape index (κ3) is 2.48. The molecule has 0 fully saturated rings. The lowest BCUT2D eigenvalue weighted by Gasteiger charge is -2.09. The van der Waals surface area contributed by atoms with Gasteiger partial charge in [-0.3, -0.25) is 0 Å². The van der Waals surface area contributed by atoms with Gasteiger partial charge in [-0.25, -0.2) is 0 Å². The van der Waals surface area contributed by atoms with Gasteiger partial charge in [0.05, 0.1) is 0 Å². The van der Waals surface area contributed by atoms with E-state index in [0.717, 1.165) is 12.8 Å². The number of halogens is 1. The highest BCUT2D eigenvalue weighted by Gasteiger charge is 2.04. The number of benzene rings is 1. The van der Waals surface area contributed by atoms with Crippen molar-refractivity contribution in [1.29, 1.82) is 0 Å².